The molecule has 0 amide bonds. The third-order valence-electron chi connectivity index (χ3n) is 2.98. The molecule has 108 valence electrons. The minimum Gasteiger partial charge on any atom is -0.320 e. The summed E-state index contributed by atoms with van der Waals surface area (Å²) < 4.78 is 26.1. The van der Waals surface area contributed by atoms with Crippen molar-refractivity contribution in [1.82, 2.24) is 10.0 Å². The molecule has 0 aromatic heterocycles. The zero-order valence-corrected chi connectivity index (χ0v) is 12.8. The van der Waals surface area contributed by atoms with Gasteiger partial charge in [0, 0.05) is 6.54 Å². The zero-order valence-electron chi connectivity index (χ0n) is 11.9. The van der Waals surface area contributed by atoms with E-state index in [1.165, 1.54) is 5.56 Å². The summed E-state index contributed by atoms with van der Waals surface area (Å²) in [6.45, 7) is 5.35. The monoisotopic (exact) mass is 284 g/mol. The summed E-state index contributed by atoms with van der Waals surface area (Å²) in [5.41, 5.74) is 2.25. The highest BCUT2D eigenvalue weighted by atomic mass is 32.2. The van der Waals surface area contributed by atoms with E-state index in [1.54, 1.807) is 0 Å². The Bertz CT molecular complexity index is 467. The van der Waals surface area contributed by atoms with E-state index in [4.69, 9.17) is 0 Å². The van der Waals surface area contributed by atoms with Gasteiger partial charge in [0.15, 0.2) is 0 Å². The van der Waals surface area contributed by atoms with Crippen LogP contribution in [0.3, 0.4) is 0 Å². The molecule has 0 fully saturated rings. The molecule has 5 heteroatoms. The highest BCUT2D eigenvalue weighted by Crippen LogP contribution is 2.14. The number of hydrogen-bond donors (Lipinski definition) is 2. The van der Waals surface area contributed by atoms with E-state index in [0.29, 0.717) is 25.4 Å². The fraction of sp³-hybridized carbons (Fsp3) is 0.571. The summed E-state index contributed by atoms with van der Waals surface area (Å²) in [5, 5.41) is 2.94. The van der Waals surface area contributed by atoms with Crippen molar-refractivity contribution in [3.8, 4) is 0 Å². The molecule has 1 rings (SSSR count). The van der Waals surface area contributed by atoms with Gasteiger partial charge >= 0.3 is 0 Å². The quantitative estimate of drug-likeness (QED) is 0.716. The molecular weight excluding hydrogens is 260 g/mol. The molecule has 0 aliphatic carbocycles. The first kappa shape index (κ1) is 16.1. The average Bonchev–Trinajstić information content (AvgIpc) is 2.37. The summed E-state index contributed by atoms with van der Waals surface area (Å²) >= 11 is 0. The number of nitrogens with one attached hydrogen (secondary N) is 2. The van der Waals surface area contributed by atoms with Crippen molar-refractivity contribution in [1.29, 1.82) is 0 Å². The average molecular weight is 284 g/mol. The van der Waals surface area contributed by atoms with E-state index in [-0.39, 0.29) is 5.75 Å². The minimum absolute atomic E-state index is 0.165. The molecule has 0 aliphatic rings. The SMILES string of the molecule is CNCCCS(=O)(=O)NCc1ccc(C(C)C)cc1. The lowest BCUT2D eigenvalue weighted by atomic mass is 10.0. The van der Waals surface area contributed by atoms with Gasteiger partial charge < -0.3 is 5.32 Å². The Balaban J connectivity index is 2.47. The second kappa shape index (κ2) is 7.62. The predicted octanol–water partition coefficient (Wildman–Crippen LogP) is 1.84. The van der Waals surface area contributed by atoms with E-state index >= 15 is 0 Å². The van der Waals surface area contributed by atoms with Crippen LogP contribution in [0.25, 0.3) is 0 Å². The molecule has 0 bridgehead atoms. The molecule has 0 atom stereocenters. The van der Waals surface area contributed by atoms with Crippen molar-refractivity contribution >= 4 is 10.0 Å². The van der Waals surface area contributed by atoms with Gasteiger partial charge in [-0.15, -0.1) is 0 Å². The maximum absolute atomic E-state index is 11.7. The lowest BCUT2D eigenvalue weighted by molar-refractivity contribution is 0.577. The van der Waals surface area contributed by atoms with Crippen LogP contribution in [-0.4, -0.2) is 27.8 Å². The van der Waals surface area contributed by atoms with Crippen molar-refractivity contribution < 1.29 is 8.42 Å². The normalized spacial score (nSPS) is 12.0. The molecule has 1 aromatic carbocycles. The summed E-state index contributed by atoms with van der Waals surface area (Å²) in [6, 6.07) is 8.06. The summed E-state index contributed by atoms with van der Waals surface area (Å²) in [5.74, 6) is 0.657. The van der Waals surface area contributed by atoms with E-state index < -0.39 is 10.0 Å². The molecule has 1 aromatic rings. The molecule has 0 saturated heterocycles. The van der Waals surface area contributed by atoms with Crippen LogP contribution < -0.4 is 10.0 Å². The van der Waals surface area contributed by atoms with Gasteiger partial charge in [-0.2, -0.15) is 0 Å². The first-order valence-corrected chi connectivity index (χ1v) is 8.30. The Morgan fingerprint density at radius 2 is 1.79 bits per heavy atom. The second-order valence-corrected chi connectivity index (χ2v) is 6.92. The van der Waals surface area contributed by atoms with Gasteiger partial charge in [0.05, 0.1) is 5.75 Å². The topological polar surface area (TPSA) is 58.2 Å². The first-order chi connectivity index (χ1) is 8.94. The molecule has 0 spiro atoms. The third kappa shape index (κ3) is 6.18. The van der Waals surface area contributed by atoms with Gasteiger partial charge in [-0.1, -0.05) is 38.1 Å². The van der Waals surface area contributed by atoms with E-state index in [2.05, 4.69) is 36.0 Å². The van der Waals surface area contributed by atoms with Crippen LogP contribution >= 0.6 is 0 Å². The van der Waals surface area contributed by atoms with Crippen LogP contribution in [0.1, 0.15) is 37.3 Å². The smallest absolute Gasteiger partial charge is 0.211 e. The van der Waals surface area contributed by atoms with Crippen LogP contribution in [-0.2, 0) is 16.6 Å². The fourth-order valence-electron chi connectivity index (χ4n) is 1.72. The molecule has 0 radical (unpaired) electrons. The van der Waals surface area contributed by atoms with Crippen molar-refractivity contribution in [2.45, 2.75) is 32.7 Å². The lowest BCUT2D eigenvalue weighted by Crippen LogP contribution is -2.27. The number of hydrogen-bond acceptors (Lipinski definition) is 3. The molecule has 4 nitrogen and oxygen atoms in total. The Morgan fingerprint density at radius 1 is 1.16 bits per heavy atom. The van der Waals surface area contributed by atoms with Crippen molar-refractivity contribution in [3.05, 3.63) is 35.4 Å². The van der Waals surface area contributed by atoms with Crippen LogP contribution in [0, 0.1) is 0 Å². The van der Waals surface area contributed by atoms with Gasteiger partial charge in [0.1, 0.15) is 0 Å². The van der Waals surface area contributed by atoms with E-state index in [1.807, 2.05) is 19.2 Å². The van der Waals surface area contributed by atoms with Crippen molar-refractivity contribution in [3.63, 3.8) is 0 Å². The molecule has 19 heavy (non-hydrogen) atoms. The highest BCUT2D eigenvalue weighted by Gasteiger charge is 2.09. The van der Waals surface area contributed by atoms with Crippen LogP contribution in [0.15, 0.2) is 24.3 Å². The summed E-state index contributed by atoms with van der Waals surface area (Å²) in [7, 11) is -1.35. The molecular formula is C14H24N2O2S. The Morgan fingerprint density at radius 3 is 2.32 bits per heavy atom. The van der Waals surface area contributed by atoms with Gasteiger partial charge in [0.25, 0.3) is 0 Å². The lowest BCUT2D eigenvalue weighted by Gasteiger charge is -2.09. The Kier molecular flexibility index (Phi) is 6.48. The Labute approximate surface area is 116 Å². The molecule has 0 saturated carbocycles. The maximum Gasteiger partial charge on any atom is 0.211 e. The predicted molar refractivity (Wildman–Crippen MR) is 79.7 cm³/mol. The zero-order chi connectivity index (χ0) is 14.3. The van der Waals surface area contributed by atoms with Gasteiger partial charge in [0.2, 0.25) is 10.0 Å². The molecule has 0 aliphatic heterocycles. The largest absolute Gasteiger partial charge is 0.320 e. The van der Waals surface area contributed by atoms with Gasteiger partial charge in [-0.05, 0) is 37.1 Å². The first-order valence-electron chi connectivity index (χ1n) is 6.65. The van der Waals surface area contributed by atoms with Crippen LogP contribution in [0.5, 0.6) is 0 Å². The highest BCUT2D eigenvalue weighted by molar-refractivity contribution is 7.89. The van der Waals surface area contributed by atoms with Crippen LogP contribution in [0.4, 0.5) is 0 Å². The van der Waals surface area contributed by atoms with Crippen molar-refractivity contribution in [2.24, 2.45) is 0 Å². The third-order valence-corrected chi connectivity index (χ3v) is 4.39. The van der Waals surface area contributed by atoms with E-state index in [0.717, 1.165) is 5.56 Å². The summed E-state index contributed by atoms with van der Waals surface area (Å²) in [4.78, 5) is 0. The fourth-order valence-corrected chi connectivity index (χ4v) is 2.78. The molecule has 2 N–H and O–H groups in total. The maximum atomic E-state index is 11.7. The second-order valence-electron chi connectivity index (χ2n) is 4.99. The van der Waals surface area contributed by atoms with Gasteiger partial charge in [-0.3, -0.25) is 0 Å². The standard InChI is InChI=1S/C14H24N2O2S/c1-12(2)14-7-5-13(6-8-14)11-16-19(17,18)10-4-9-15-3/h5-8,12,15-16H,4,9-11H2,1-3H3. The molecule has 0 unspecified atom stereocenters. The van der Waals surface area contributed by atoms with Crippen molar-refractivity contribution in [2.75, 3.05) is 19.3 Å². The minimum atomic E-state index is -3.17. The number of sulfonamides is 1. The number of benzene rings is 1. The van der Waals surface area contributed by atoms with Crippen LogP contribution in [0.2, 0.25) is 0 Å². The molecule has 0 heterocycles. The Hall–Kier alpha value is -0.910. The van der Waals surface area contributed by atoms with Gasteiger partial charge in [-0.25, -0.2) is 13.1 Å². The summed E-state index contributed by atoms with van der Waals surface area (Å²) in [6.07, 6.45) is 0.623. The van der Waals surface area contributed by atoms with E-state index in [9.17, 15) is 8.42 Å². The number of rotatable bonds is 8.